The van der Waals surface area contributed by atoms with Gasteiger partial charge < -0.3 is 14.2 Å². The van der Waals surface area contributed by atoms with Gasteiger partial charge in [-0.05, 0) is 38.8 Å². The van der Waals surface area contributed by atoms with Crippen molar-refractivity contribution in [1.29, 1.82) is 0 Å². The monoisotopic (exact) mass is 375 g/mol. The second-order valence-corrected chi connectivity index (χ2v) is 7.17. The standard InChI is InChI=1S/C19H25N3O5/c23-15-7-8-16(24)27-18-17-14(26-15)6-5-11-22(17)20-19(18)25-13-12-21-9-3-1-2-4-10-21/h7-8,14H,1-6,9-13H2/b8-7-. The first-order chi connectivity index (χ1) is 13.2. The highest BCUT2D eigenvalue weighted by Gasteiger charge is 2.34. The number of hydrogen-bond donors (Lipinski definition) is 0. The summed E-state index contributed by atoms with van der Waals surface area (Å²) in [5.41, 5.74) is 0.608. The molecule has 0 N–H and O–H groups in total. The van der Waals surface area contributed by atoms with Gasteiger partial charge in [-0.25, -0.2) is 9.59 Å². The van der Waals surface area contributed by atoms with Gasteiger partial charge in [-0.15, -0.1) is 5.10 Å². The van der Waals surface area contributed by atoms with Crippen molar-refractivity contribution in [2.75, 3.05) is 26.2 Å². The van der Waals surface area contributed by atoms with Crippen molar-refractivity contribution in [3.05, 3.63) is 17.8 Å². The molecular weight excluding hydrogens is 350 g/mol. The molecule has 4 heterocycles. The van der Waals surface area contributed by atoms with E-state index in [0.29, 0.717) is 31.1 Å². The highest BCUT2D eigenvalue weighted by molar-refractivity contribution is 5.93. The molecule has 0 aliphatic carbocycles. The Hall–Kier alpha value is -2.35. The van der Waals surface area contributed by atoms with Crippen LogP contribution in [0, 0.1) is 0 Å². The molecule has 4 rings (SSSR count). The highest BCUT2D eigenvalue weighted by Crippen LogP contribution is 2.41. The molecule has 1 saturated heterocycles. The van der Waals surface area contributed by atoms with Gasteiger partial charge in [0.1, 0.15) is 18.4 Å². The van der Waals surface area contributed by atoms with Gasteiger partial charge >= 0.3 is 11.9 Å². The van der Waals surface area contributed by atoms with Gasteiger partial charge in [0.05, 0.1) is 0 Å². The molecule has 1 aromatic heterocycles. The second-order valence-electron chi connectivity index (χ2n) is 7.17. The molecule has 27 heavy (non-hydrogen) atoms. The molecule has 1 unspecified atom stereocenters. The molecule has 8 nitrogen and oxygen atoms in total. The molecule has 146 valence electrons. The van der Waals surface area contributed by atoms with Crippen molar-refractivity contribution in [3.8, 4) is 11.6 Å². The first-order valence-electron chi connectivity index (χ1n) is 9.77. The van der Waals surface area contributed by atoms with E-state index >= 15 is 0 Å². The molecule has 0 aromatic carbocycles. The Balaban J connectivity index is 1.51. The van der Waals surface area contributed by atoms with Crippen LogP contribution in [0.15, 0.2) is 12.2 Å². The molecule has 0 bridgehead atoms. The summed E-state index contributed by atoms with van der Waals surface area (Å²) >= 11 is 0. The van der Waals surface area contributed by atoms with Gasteiger partial charge in [0.15, 0.2) is 0 Å². The van der Waals surface area contributed by atoms with E-state index < -0.39 is 18.0 Å². The Bertz CT molecular complexity index is 734. The number of esters is 2. The summed E-state index contributed by atoms with van der Waals surface area (Å²) in [6.45, 7) is 4.15. The minimum absolute atomic E-state index is 0.278. The molecular formula is C19H25N3O5. The molecule has 8 heteroatoms. The van der Waals surface area contributed by atoms with Gasteiger partial charge in [0, 0.05) is 25.2 Å². The van der Waals surface area contributed by atoms with E-state index in [9.17, 15) is 9.59 Å². The van der Waals surface area contributed by atoms with Crippen molar-refractivity contribution in [2.24, 2.45) is 0 Å². The van der Waals surface area contributed by atoms with Crippen LogP contribution in [0.3, 0.4) is 0 Å². The van der Waals surface area contributed by atoms with Crippen molar-refractivity contribution in [1.82, 2.24) is 14.7 Å². The average Bonchev–Trinajstić information content (AvgIpc) is 2.84. The Labute approximate surface area is 158 Å². The summed E-state index contributed by atoms with van der Waals surface area (Å²) < 4.78 is 18.6. The average molecular weight is 375 g/mol. The number of aromatic nitrogens is 2. The van der Waals surface area contributed by atoms with Gasteiger partial charge in [0.2, 0.25) is 5.75 Å². The van der Waals surface area contributed by atoms with Crippen LogP contribution in [-0.4, -0.2) is 52.9 Å². The summed E-state index contributed by atoms with van der Waals surface area (Å²) in [5, 5.41) is 4.47. The van der Waals surface area contributed by atoms with Crippen LogP contribution in [0.5, 0.6) is 11.6 Å². The minimum Gasteiger partial charge on any atom is -0.473 e. The smallest absolute Gasteiger partial charge is 0.336 e. The molecule has 3 aliphatic rings. The zero-order valence-corrected chi connectivity index (χ0v) is 15.4. The summed E-state index contributed by atoms with van der Waals surface area (Å²) in [6, 6.07) is 0. The molecule has 1 fully saturated rings. The number of likely N-dealkylation sites (tertiary alicyclic amines) is 1. The maximum atomic E-state index is 12.0. The number of rotatable bonds is 4. The summed E-state index contributed by atoms with van der Waals surface area (Å²) in [6.07, 6.45) is 8.22. The van der Waals surface area contributed by atoms with Crippen LogP contribution in [0.1, 0.15) is 50.3 Å². The van der Waals surface area contributed by atoms with Crippen LogP contribution in [-0.2, 0) is 20.9 Å². The predicted octanol–water partition coefficient (Wildman–Crippen LogP) is 1.99. The van der Waals surface area contributed by atoms with Crippen LogP contribution >= 0.6 is 0 Å². The number of aryl methyl sites for hydroxylation is 1. The first-order valence-corrected chi connectivity index (χ1v) is 9.77. The second kappa shape index (κ2) is 8.12. The van der Waals surface area contributed by atoms with Crippen molar-refractivity contribution < 1.29 is 23.8 Å². The van der Waals surface area contributed by atoms with Crippen LogP contribution < -0.4 is 9.47 Å². The van der Waals surface area contributed by atoms with E-state index in [1.807, 2.05) is 0 Å². The van der Waals surface area contributed by atoms with Crippen LogP contribution in [0.2, 0.25) is 0 Å². The fourth-order valence-corrected chi connectivity index (χ4v) is 3.87. The molecule has 1 atom stereocenters. The third kappa shape index (κ3) is 4.16. The van der Waals surface area contributed by atoms with Crippen LogP contribution in [0.4, 0.5) is 0 Å². The van der Waals surface area contributed by atoms with E-state index in [2.05, 4.69) is 10.00 Å². The third-order valence-corrected chi connectivity index (χ3v) is 5.22. The highest BCUT2D eigenvalue weighted by atomic mass is 16.6. The quantitative estimate of drug-likeness (QED) is 0.744. The number of ether oxygens (including phenoxy) is 3. The lowest BCUT2D eigenvalue weighted by Gasteiger charge is -2.23. The maximum absolute atomic E-state index is 12.0. The lowest BCUT2D eigenvalue weighted by molar-refractivity contribution is -0.144. The van der Waals surface area contributed by atoms with Gasteiger partial charge in [0.25, 0.3) is 5.88 Å². The van der Waals surface area contributed by atoms with Gasteiger partial charge in [-0.1, -0.05) is 12.8 Å². The molecule has 0 saturated carbocycles. The summed E-state index contributed by atoms with van der Waals surface area (Å²) in [4.78, 5) is 26.3. The Morgan fingerprint density at radius 1 is 1.04 bits per heavy atom. The fourth-order valence-electron chi connectivity index (χ4n) is 3.87. The van der Waals surface area contributed by atoms with Crippen molar-refractivity contribution in [3.63, 3.8) is 0 Å². The normalized spacial score (nSPS) is 24.5. The Morgan fingerprint density at radius 3 is 2.63 bits per heavy atom. The molecule has 0 amide bonds. The summed E-state index contributed by atoms with van der Waals surface area (Å²) in [7, 11) is 0. The number of nitrogens with zero attached hydrogens (tertiary/aromatic N) is 3. The maximum Gasteiger partial charge on any atom is 0.336 e. The van der Waals surface area contributed by atoms with E-state index in [4.69, 9.17) is 14.2 Å². The summed E-state index contributed by atoms with van der Waals surface area (Å²) in [5.74, 6) is -0.610. The molecule has 3 aliphatic heterocycles. The first kappa shape index (κ1) is 18.0. The SMILES string of the molecule is O=C1/C=C\C(=O)OC2CCCn3nc(OCCN4CCCCCC4)c(c32)O1. The van der Waals surface area contributed by atoms with E-state index in [1.165, 1.54) is 25.7 Å². The number of carbonyl (C=O) groups is 2. The topological polar surface area (TPSA) is 82.9 Å². The predicted molar refractivity (Wildman–Crippen MR) is 95.5 cm³/mol. The Kier molecular flexibility index (Phi) is 5.42. The molecule has 1 aromatic rings. The van der Waals surface area contributed by atoms with E-state index in [0.717, 1.165) is 38.2 Å². The van der Waals surface area contributed by atoms with Crippen molar-refractivity contribution >= 4 is 11.9 Å². The minimum atomic E-state index is -0.633. The van der Waals surface area contributed by atoms with Gasteiger partial charge in [-0.2, -0.15) is 0 Å². The number of carbonyl (C=O) groups excluding carboxylic acids is 2. The number of hydrogen-bond acceptors (Lipinski definition) is 7. The third-order valence-electron chi connectivity index (χ3n) is 5.22. The Morgan fingerprint density at radius 2 is 1.81 bits per heavy atom. The zero-order chi connectivity index (χ0) is 18.6. The van der Waals surface area contributed by atoms with Crippen LogP contribution in [0.25, 0.3) is 0 Å². The largest absolute Gasteiger partial charge is 0.473 e. The van der Waals surface area contributed by atoms with Crippen molar-refractivity contribution in [2.45, 2.75) is 51.2 Å². The zero-order valence-electron chi connectivity index (χ0n) is 15.4. The lowest BCUT2D eigenvalue weighted by atomic mass is 10.1. The molecule has 0 radical (unpaired) electrons. The molecule has 0 spiro atoms. The van der Waals surface area contributed by atoms with E-state index in [-0.39, 0.29) is 5.75 Å². The van der Waals surface area contributed by atoms with Gasteiger partial charge in [-0.3, -0.25) is 9.58 Å². The lowest BCUT2D eigenvalue weighted by Crippen LogP contribution is -2.29. The fraction of sp³-hybridized carbons (Fsp3) is 0.632. The van der Waals surface area contributed by atoms with E-state index in [1.54, 1.807) is 4.68 Å².